The van der Waals surface area contributed by atoms with Gasteiger partial charge in [0, 0.05) is 73.3 Å². The third-order valence-corrected chi connectivity index (χ3v) is 27.2. The van der Waals surface area contributed by atoms with Crippen LogP contribution in [0.3, 0.4) is 0 Å². The molecule has 1 fully saturated rings. The summed E-state index contributed by atoms with van der Waals surface area (Å²) in [5.74, 6) is -10.6. The van der Waals surface area contributed by atoms with Crippen LogP contribution in [-0.2, 0) is 96.7 Å². The average molecular weight is 1960 g/mol. The Morgan fingerprint density at radius 3 is 1.36 bits per heavy atom. The molecule has 7 aromatic rings. The largest absolute Gasteiger partial charge is 0.444 e. The van der Waals surface area contributed by atoms with E-state index in [2.05, 4.69) is 37.2 Å². The number of carbonyl (C=O) groups is 14. The van der Waals surface area contributed by atoms with E-state index in [0.29, 0.717) is 56.9 Å². The Hall–Kier alpha value is -12.4. The first-order valence-electron chi connectivity index (χ1n) is 48.3. The number of aryl methyl sites for hydroxylation is 1. The fourth-order valence-corrected chi connectivity index (χ4v) is 18.9. The third kappa shape index (κ3) is 32.1. The number of likely N-dealkylation sites (tertiary alicyclic amines) is 1. The van der Waals surface area contributed by atoms with E-state index in [0.717, 1.165) is 29.9 Å². The summed E-state index contributed by atoms with van der Waals surface area (Å²) in [6.07, 6.45) is -0.687. The molecule has 0 aromatic heterocycles. The number of nitrogens with zero attached hydrogens (tertiary/aromatic N) is 6. The summed E-state index contributed by atoms with van der Waals surface area (Å²) in [6.45, 7) is 28.0. The molecule has 756 valence electrons. The summed E-state index contributed by atoms with van der Waals surface area (Å²) in [5.41, 5.74) is 1.96. The SMILES string of the molecule is CCSSc1cccc(C)c1OC(=O)C[C@H](NC(=O)C(Cc1ccccc1)NC(=O)[C@H](C(C)C)N(C)C(=O)[C@H](CC(C)C)N(C)C(=O)CNC(=O)[C@H](Cc1ccccc1)N(C)C(=O)[C@@H](NC(=O)C(CC(C)C)N(C)C(=O)[C@@H](NC(=O)C(C)NC(=O)OC(C)(C)C)C(C)C)[C@@H](C)OC(c1ccccc1)(c1ccccc1)c1ccccc1)C(=O)N(C)C(Cc1ccccc1)C(=O)N[C@@H](C)C(=O)N1CCCCC1. The highest BCUT2D eigenvalue weighted by molar-refractivity contribution is 8.76. The molecule has 7 aromatic carbocycles. The van der Waals surface area contributed by atoms with E-state index < -0.39 is 186 Å². The van der Waals surface area contributed by atoms with Gasteiger partial charge >= 0.3 is 12.1 Å². The number of amides is 13. The van der Waals surface area contributed by atoms with Crippen molar-refractivity contribution < 1.29 is 81.3 Å². The maximum Gasteiger partial charge on any atom is 0.408 e. The van der Waals surface area contributed by atoms with Gasteiger partial charge in [0.05, 0.1) is 24.0 Å². The molecule has 32 heteroatoms. The predicted molar refractivity (Wildman–Crippen MR) is 545 cm³/mol. The van der Waals surface area contributed by atoms with E-state index in [4.69, 9.17) is 14.2 Å². The molecule has 30 nitrogen and oxygen atoms in total. The molecule has 1 saturated heterocycles. The van der Waals surface area contributed by atoms with E-state index in [1.807, 2.05) is 132 Å². The summed E-state index contributed by atoms with van der Waals surface area (Å²) >= 11 is 0. The fraction of sp³-hybridized carbons (Fsp3) is 0.481. The molecular weight excluding hydrogens is 1820 g/mol. The lowest BCUT2D eigenvalue weighted by Crippen LogP contribution is -2.63. The van der Waals surface area contributed by atoms with Crippen LogP contribution in [0.5, 0.6) is 5.75 Å². The molecule has 1 aliphatic heterocycles. The standard InChI is InChI=1S/C108H145N13O17S2/c1-22-139-140-88-58-44-45-72(10)94(88)136-90(123)66-83(102(131)117(18)86(65-78-50-34-25-35-51-78)98(127)110-74(12)101(130)121-59-42-29-43-60-121)113-96(125)82(63-76-46-30-23-31-47-76)112-100(129)93(71(8)9)120(21)103(132)87(62-69(4)5)116(17)89(122)67-109-97(126)85(64-77-48-32-24-33-49-77)119(20)105(134)92(75(13)137-108(79-52-36-26-37-53-79,80-54-38-27-39-55-80)81-56-40-28-41-57-81)115-99(128)84(61-68(2)3)118(19)104(133)91(70(6)7)114-95(124)73(11)111-106(135)138-107(14,15)16/h23-28,30-41,44-58,68-71,73-75,82-87,91-93H,22,29,42-43,59-67H2,1-21H3,(H,109,126)(H,110,127)(H,111,135)(H,112,129)(H,113,125)(H,114,124)(H,115,128)/t73?,74-,75+,82?,83-,84?,85-,86?,87-,91-,92-,93-/m0/s1. The maximum absolute atomic E-state index is 16.5. The zero-order chi connectivity index (χ0) is 103. The summed E-state index contributed by atoms with van der Waals surface area (Å²) in [6, 6.07) is 44.7. The number of piperidine rings is 1. The van der Waals surface area contributed by atoms with Crippen LogP contribution in [0, 0.1) is 30.6 Å². The Morgan fingerprint density at radius 2 is 0.871 bits per heavy atom. The number of hydrogen-bond donors (Lipinski definition) is 7. The van der Waals surface area contributed by atoms with E-state index >= 15 is 43.2 Å². The van der Waals surface area contributed by atoms with Gasteiger partial charge in [-0.2, -0.15) is 0 Å². The number of esters is 1. The molecule has 0 saturated carbocycles. The first-order valence-corrected chi connectivity index (χ1v) is 50.7. The second-order valence-corrected chi connectivity index (χ2v) is 41.2. The molecule has 13 amide bonds. The minimum atomic E-state index is -1.77. The lowest BCUT2D eigenvalue weighted by molar-refractivity contribution is -0.151. The van der Waals surface area contributed by atoms with Gasteiger partial charge in [0.2, 0.25) is 70.9 Å². The number of benzene rings is 7. The molecule has 0 aliphatic carbocycles. The highest BCUT2D eigenvalue weighted by atomic mass is 33.1. The maximum atomic E-state index is 16.5. The number of hydrogen-bond acceptors (Lipinski definition) is 19. The van der Waals surface area contributed by atoms with Gasteiger partial charge in [-0.1, -0.05) is 278 Å². The number of rotatable bonds is 48. The van der Waals surface area contributed by atoms with E-state index in [1.165, 1.54) is 83.3 Å². The number of ether oxygens (including phenoxy) is 3. The number of alkyl carbamates (subject to hydrolysis) is 1. The van der Waals surface area contributed by atoms with Gasteiger partial charge in [0.1, 0.15) is 83.4 Å². The van der Waals surface area contributed by atoms with Crippen molar-refractivity contribution in [3.8, 4) is 5.75 Å². The second kappa shape index (κ2) is 53.8. The van der Waals surface area contributed by atoms with Crippen LogP contribution in [0.15, 0.2) is 205 Å². The van der Waals surface area contributed by atoms with E-state index in [1.54, 1.807) is 177 Å². The van der Waals surface area contributed by atoms with Crippen molar-refractivity contribution in [2.75, 3.05) is 60.6 Å². The van der Waals surface area contributed by atoms with Crippen molar-refractivity contribution in [3.63, 3.8) is 0 Å². The summed E-state index contributed by atoms with van der Waals surface area (Å²) < 4.78 is 19.1. The Labute approximate surface area is 834 Å². The van der Waals surface area contributed by atoms with Crippen LogP contribution < -0.4 is 42.0 Å². The van der Waals surface area contributed by atoms with Gasteiger partial charge in [-0.25, -0.2) is 4.79 Å². The first-order chi connectivity index (χ1) is 66.4. The van der Waals surface area contributed by atoms with Crippen molar-refractivity contribution in [2.45, 2.75) is 257 Å². The number of para-hydroxylation sites is 1. The molecule has 0 bridgehead atoms. The molecule has 4 unspecified atom stereocenters. The van der Waals surface area contributed by atoms with Gasteiger partial charge in [0.15, 0.2) is 0 Å². The van der Waals surface area contributed by atoms with Gasteiger partial charge in [-0.15, -0.1) is 0 Å². The topological polar surface area (TPSA) is 370 Å². The number of nitrogens with one attached hydrogen (secondary N) is 7. The van der Waals surface area contributed by atoms with Crippen molar-refractivity contribution in [2.24, 2.45) is 23.7 Å². The zero-order valence-corrected chi connectivity index (χ0v) is 86.6. The second-order valence-electron chi connectivity index (χ2n) is 38.6. The smallest absolute Gasteiger partial charge is 0.408 e. The number of likely N-dealkylation sites (N-methyl/N-ethyl adjacent to an activating group) is 5. The molecule has 7 N–H and O–H groups in total. The van der Waals surface area contributed by atoms with Crippen molar-refractivity contribution >= 4 is 105 Å². The Balaban J connectivity index is 1.11. The minimum absolute atomic E-state index is 0.0367. The lowest BCUT2D eigenvalue weighted by atomic mass is 9.79. The fourth-order valence-electron chi connectivity index (χ4n) is 17.1. The van der Waals surface area contributed by atoms with Crippen LogP contribution in [0.1, 0.15) is 181 Å². The molecular formula is C108H145N13O17S2. The van der Waals surface area contributed by atoms with Crippen LogP contribution in [0.4, 0.5) is 4.79 Å². The summed E-state index contributed by atoms with van der Waals surface area (Å²) in [5, 5.41) is 19.7. The molecule has 1 aliphatic rings. The van der Waals surface area contributed by atoms with E-state index in [9.17, 15) is 24.0 Å². The molecule has 140 heavy (non-hydrogen) atoms. The summed E-state index contributed by atoms with van der Waals surface area (Å²) in [4.78, 5) is 219. The first kappa shape index (κ1) is 113. The Morgan fingerprint density at radius 1 is 0.421 bits per heavy atom. The average Bonchev–Trinajstić information content (AvgIpc) is 0.746. The van der Waals surface area contributed by atoms with Crippen molar-refractivity contribution in [3.05, 3.63) is 239 Å². The quantitative estimate of drug-likeness (QED) is 0.00806. The van der Waals surface area contributed by atoms with Crippen LogP contribution in [0.2, 0.25) is 0 Å². The highest BCUT2D eigenvalue weighted by Gasteiger charge is 2.48. The molecule has 8 rings (SSSR count). The van der Waals surface area contributed by atoms with Gasteiger partial charge in [-0.3, -0.25) is 62.3 Å². The van der Waals surface area contributed by atoms with Gasteiger partial charge in [-0.05, 0) is 149 Å². The Kier molecular flexibility index (Phi) is 43.4. The molecule has 1 heterocycles. The van der Waals surface area contributed by atoms with Gasteiger partial charge in [0.25, 0.3) is 0 Å². The normalized spacial score (nSPS) is 14.8. The van der Waals surface area contributed by atoms with Crippen LogP contribution in [-0.4, -0.2) is 251 Å². The van der Waals surface area contributed by atoms with E-state index in [-0.39, 0.29) is 55.6 Å². The molecule has 0 radical (unpaired) electrons. The predicted octanol–water partition coefficient (Wildman–Crippen LogP) is 12.2. The van der Waals surface area contributed by atoms with Crippen molar-refractivity contribution in [1.29, 1.82) is 0 Å². The van der Waals surface area contributed by atoms with Gasteiger partial charge < -0.3 is 80.8 Å². The third-order valence-electron chi connectivity index (χ3n) is 24.8. The monoisotopic (exact) mass is 1960 g/mol. The summed E-state index contributed by atoms with van der Waals surface area (Å²) in [7, 11) is 9.93. The van der Waals surface area contributed by atoms with Crippen LogP contribution in [0.25, 0.3) is 0 Å². The van der Waals surface area contributed by atoms with Crippen molar-refractivity contribution in [1.82, 2.24) is 66.6 Å². The minimum Gasteiger partial charge on any atom is -0.444 e. The highest BCUT2D eigenvalue weighted by Crippen LogP contribution is 2.43. The zero-order valence-electron chi connectivity index (χ0n) is 84.9. The Bertz CT molecular complexity index is 5190. The number of carbonyl (C=O) groups excluding carboxylic acids is 14. The molecule has 12 atom stereocenters. The lowest BCUT2D eigenvalue weighted by Gasteiger charge is -2.41. The molecule has 0 spiro atoms. The van der Waals surface area contributed by atoms with Crippen LogP contribution >= 0.6 is 21.6 Å².